The highest BCUT2D eigenvalue weighted by molar-refractivity contribution is 5.85. The fraction of sp³-hybridized carbons (Fsp3) is 0.900. The van der Waals surface area contributed by atoms with E-state index in [2.05, 4.69) is 19.2 Å². The monoisotopic (exact) mass is 169 g/mol. The summed E-state index contributed by atoms with van der Waals surface area (Å²) in [5, 5.41) is 3.29. The van der Waals surface area contributed by atoms with Crippen molar-refractivity contribution >= 4 is 5.78 Å². The molecule has 1 saturated heterocycles. The minimum atomic E-state index is -0.0469. The van der Waals surface area contributed by atoms with Crippen LogP contribution in [0, 0.1) is 11.3 Å². The van der Waals surface area contributed by atoms with Gasteiger partial charge in [0.2, 0.25) is 0 Å². The van der Waals surface area contributed by atoms with Crippen molar-refractivity contribution in [3.63, 3.8) is 0 Å². The third-order valence-electron chi connectivity index (χ3n) is 3.17. The van der Waals surface area contributed by atoms with E-state index in [0.717, 1.165) is 19.5 Å². The minimum absolute atomic E-state index is 0.0469. The van der Waals surface area contributed by atoms with E-state index in [1.54, 1.807) is 0 Å². The first-order valence-electron chi connectivity index (χ1n) is 4.87. The van der Waals surface area contributed by atoms with Gasteiger partial charge in [-0.25, -0.2) is 0 Å². The summed E-state index contributed by atoms with van der Waals surface area (Å²) in [6.07, 6.45) is 1.71. The van der Waals surface area contributed by atoms with Crippen molar-refractivity contribution in [2.24, 2.45) is 11.3 Å². The summed E-state index contributed by atoms with van der Waals surface area (Å²) in [6.45, 7) is 8.16. The van der Waals surface area contributed by atoms with Gasteiger partial charge in [-0.1, -0.05) is 20.8 Å². The van der Waals surface area contributed by atoms with E-state index in [0.29, 0.717) is 18.1 Å². The Morgan fingerprint density at radius 3 is 2.58 bits per heavy atom. The molecule has 0 saturated carbocycles. The van der Waals surface area contributed by atoms with Gasteiger partial charge in [-0.05, 0) is 18.9 Å². The van der Waals surface area contributed by atoms with Gasteiger partial charge in [0.25, 0.3) is 0 Å². The number of ketones is 1. The number of carbonyl (C=O) groups excluding carboxylic acids is 1. The maximum atomic E-state index is 11.7. The molecule has 2 heteroatoms. The van der Waals surface area contributed by atoms with E-state index >= 15 is 0 Å². The Balaban J connectivity index is 2.78. The highest BCUT2D eigenvalue weighted by Gasteiger charge is 2.42. The molecule has 0 aliphatic carbocycles. The van der Waals surface area contributed by atoms with E-state index in [9.17, 15) is 4.79 Å². The molecule has 0 bridgehead atoms. The van der Waals surface area contributed by atoms with Crippen LogP contribution in [-0.4, -0.2) is 18.9 Å². The summed E-state index contributed by atoms with van der Waals surface area (Å²) in [7, 11) is 0. The van der Waals surface area contributed by atoms with Gasteiger partial charge in [-0.15, -0.1) is 0 Å². The van der Waals surface area contributed by atoms with Crippen LogP contribution >= 0.6 is 0 Å². The molecule has 0 radical (unpaired) electrons. The third-order valence-corrected chi connectivity index (χ3v) is 3.17. The molecule has 0 amide bonds. The van der Waals surface area contributed by atoms with Gasteiger partial charge in [0.1, 0.15) is 5.78 Å². The largest absolute Gasteiger partial charge is 0.316 e. The molecule has 1 heterocycles. The lowest BCUT2D eigenvalue weighted by Gasteiger charge is -2.30. The molecule has 1 aliphatic heterocycles. The number of carbonyl (C=O) groups is 1. The van der Waals surface area contributed by atoms with E-state index in [-0.39, 0.29) is 5.41 Å². The molecule has 1 atom stereocenters. The first kappa shape index (κ1) is 9.72. The van der Waals surface area contributed by atoms with E-state index < -0.39 is 0 Å². The Morgan fingerprint density at radius 2 is 2.25 bits per heavy atom. The zero-order valence-electron chi connectivity index (χ0n) is 8.31. The topological polar surface area (TPSA) is 29.1 Å². The fourth-order valence-electron chi connectivity index (χ4n) is 2.12. The number of hydrogen-bond acceptors (Lipinski definition) is 2. The van der Waals surface area contributed by atoms with Crippen LogP contribution < -0.4 is 5.32 Å². The number of nitrogens with one attached hydrogen (secondary N) is 1. The average Bonchev–Trinajstić information content (AvgIpc) is 2.52. The Bertz CT molecular complexity index is 169. The van der Waals surface area contributed by atoms with Crippen LogP contribution in [0.15, 0.2) is 0 Å². The highest BCUT2D eigenvalue weighted by atomic mass is 16.1. The lowest BCUT2D eigenvalue weighted by molar-refractivity contribution is -0.129. The Morgan fingerprint density at radius 1 is 1.58 bits per heavy atom. The SMILES string of the molecule is CCC(=O)C1(C(C)C)CCNC1. The second-order valence-electron chi connectivity index (χ2n) is 4.01. The molecule has 0 spiro atoms. The van der Waals surface area contributed by atoms with Crippen molar-refractivity contribution < 1.29 is 4.79 Å². The lowest BCUT2D eigenvalue weighted by Crippen LogP contribution is -2.38. The summed E-state index contributed by atoms with van der Waals surface area (Å²) in [6, 6.07) is 0. The smallest absolute Gasteiger partial charge is 0.140 e. The maximum Gasteiger partial charge on any atom is 0.140 e. The van der Waals surface area contributed by atoms with Crippen LogP contribution in [-0.2, 0) is 4.79 Å². The van der Waals surface area contributed by atoms with Crippen molar-refractivity contribution in [1.82, 2.24) is 5.32 Å². The summed E-state index contributed by atoms with van der Waals surface area (Å²) >= 11 is 0. The van der Waals surface area contributed by atoms with E-state index in [4.69, 9.17) is 0 Å². The first-order valence-corrected chi connectivity index (χ1v) is 4.87. The fourth-order valence-corrected chi connectivity index (χ4v) is 2.12. The molecule has 1 aliphatic rings. The van der Waals surface area contributed by atoms with Gasteiger partial charge in [0.05, 0.1) is 0 Å². The Kier molecular flexibility index (Phi) is 2.89. The van der Waals surface area contributed by atoms with Gasteiger partial charge in [0, 0.05) is 18.4 Å². The van der Waals surface area contributed by atoms with Crippen molar-refractivity contribution in [3.8, 4) is 0 Å². The molecule has 1 N–H and O–H groups in total. The highest BCUT2D eigenvalue weighted by Crippen LogP contribution is 2.35. The standard InChI is InChI=1S/C10H19NO/c1-4-9(12)10(8(2)3)5-6-11-7-10/h8,11H,4-7H2,1-3H3. The molecule has 1 rings (SSSR count). The van der Waals surface area contributed by atoms with E-state index in [1.807, 2.05) is 6.92 Å². The van der Waals surface area contributed by atoms with Crippen molar-refractivity contribution in [2.45, 2.75) is 33.6 Å². The molecular weight excluding hydrogens is 150 g/mol. The van der Waals surface area contributed by atoms with Crippen molar-refractivity contribution in [1.29, 1.82) is 0 Å². The van der Waals surface area contributed by atoms with Gasteiger partial charge < -0.3 is 5.32 Å². The predicted octanol–water partition coefficient (Wildman–Crippen LogP) is 1.60. The molecule has 70 valence electrons. The maximum absolute atomic E-state index is 11.7. The van der Waals surface area contributed by atoms with Crippen molar-refractivity contribution in [3.05, 3.63) is 0 Å². The van der Waals surface area contributed by atoms with Crippen LogP contribution in [0.25, 0.3) is 0 Å². The molecule has 1 fully saturated rings. The summed E-state index contributed by atoms with van der Waals surface area (Å²) in [5.41, 5.74) is -0.0469. The summed E-state index contributed by atoms with van der Waals surface area (Å²) in [5.74, 6) is 0.905. The average molecular weight is 169 g/mol. The first-order chi connectivity index (χ1) is 5.63. The third kappa shape index (κ3) is 1.40. The zero-order chi connectivity index (χ0) is 9.19. The van der Waals surface area contributed by atoms with Gasteiger partial charge in [-0.2, -0.15) is 0 Å². The number of hydrogen-bond donors (Lipinski definition) is 1. The number of rotatable bonds is 3. The molecule has 0 aromatic carbocycles. The number of Topliss-reactive ketones (excluding diaryl/α,β-unsaturated/α-hetero) is 1. The van der Waals surface area contributed by atoms with Gasteiger partial charge in [-0.3, -0.25) is 4.79 Å². The van der Waals surface area contributed by atoms with E-state index in [1.165, 1.54) is 0 Å². The Labute approximate surface area is 74.7 Å². The molecule has 1 unspecified atom stereocenters. The zero-order valence-corrected chi connectivity index (χ0v) is 8.31. The molecule has 2 nitrogen and oxygen atoms in total. The second-order valence-corrected chi connectivity index (χ2v) is 4.01. The minimum Gasteiger partial charge on any atom is -0.316 e. The lowest BCUT2D eigenvalue weighted by atomic mass is 9.72. The van der Waals surface area contributed by atoms with Crippen LogP contribution in [0.1, 0.15) is 33.6 Å². The van der Waals surface area contributed by atoms with Gasteiger partial charge in [0.15, 0.2) is 0 Å². The quantitative estimate of drug-likeness (QED) is 0.695. The van der Waals surface area contributed by atoms with Crippen LogP contribution in [0.2, 0.25) is 0 Å². The summed E-state index contributed by atoms with van der Waals surface area (Å²) in [4.78, 5) is 11.7. The van der Waals surface area contributed by atoms with Gasteiger partial charge >= 0.3 is 0 Å². The molecule has 0 aromatic rings. The summed E-state index contributed by atoms with van der Waals surface area (Å²) < 4.78 is 0. The van der Waals surface area contributed by atoms with Crippen LogP contribution in [0.4, 0.5) is 0 Å². The molecule has 0 aromatic heterocycles. The van der Waals surface area contributed by atoms with Crippen LogP contribution in [0.3, 0.4) is 0 Å². The van der Waals surface area contributed by atoms with Crippen LogP contribution in [0.5, 0.6) is 0 Å². The Hall–Kier alpha value is -0.370. The van der Waals surface area contributed by atoms with Crippen molar-refractivity contribution in [2.75, 3.05) is 13.1 Å². The molecule has 12 heavy (non-hydrogen) atoms. The molecular formula is C10H19NO. The second kappa shape index (κ2) is 3.56. The normalized spacial score (nSPS) is 29.7. The predicted molar refractivity (Wildman–Crippen MR) is 50.1 cm³/mol.